The van der Waals surface area contributed by atoms with Crippen molar-refractivity contribution in [3.8, 4) is 17.2 Å². The van der Waals surface area contributed by atoms with Gasteiger partial charge in [0.2, 0.25) is 0 Å². The minimum absolute atomic E-state index is 0.647. The molecule has 20 heavy (non-hydrogen) atoms. The Labute approximate surface area is 124 Å². The van der Waals surface area contributed by atoms with Crippen molar-refractivity contribution in [3.05, 3.63) is 52.9 Å². The lowest BCUT2D eigenvalue weighted by atomic mass is 10.2. The lowest BCUT2D eigenvalue weighted by molar-refractivity contribution is 0.838. The Bertz CT molecular complexity index is 749. The van der Waals surface area contributed by atoms with Gasteiger partial charge in [-0.2, -0.15) is 0 Å². The van der Waals surface area contributed by atoms with Crippen LogP contribution in [0.2, 0.25) is 0 Å². The molecule has 2 N–H and O–H groups in total. The van der Waals surface area contributed by atoms with Crippen LogP contribution in [0.1, 0.15) is 5.56 Å². The third-order valence-electron chi connectivity index (χ3n) is 2.90. The fourth-order valence-electron chi connectivity index (χ4n) is 1.90. The first kappa shape index (κ1) is 12.8. The van der Waals surface area contributed by atoms with Crippen molar-refractivity contribution in [2.45, 2.75) is 6.92 Å². The summed E-state index contributed by atoms with van der Waals surface area (Å²) in [5.41, 5.74) is 8.34. The van der Waals surface area contributed by atoms with E-state index in [1.165, 1.54) is 0 Å². The Kier molecular flexibility index (Phi) is 3.23. The maximum atomic E-state index is 5.67. The van der Waals surface area contributed by atoms with Gasteiger partial charge in [0.15, 0.2) is 11.6 Å². The van der Waals surface area contributed by atoms with E-state index >= 15 is 0 Å². The molecule has 0 amide bonds. The molecule has 1 aromatic carbocycles. The van der Waals surface area contributed by atoms with Crippen molar-refractivity contribution in [1.82, 2.24) is 19.7 Å². The second kappa shape index (κ2) is 5.05. The molecule has 0 aliphatic rings. The van der Waals surface area contributed by atoms with Crippen molar-refractivity contribution < 1.29 is 0 Å². The number of hydrogen-bond donors (Lipinski definition) is 1. The predicted molar refractivity (Wildman–Crippen MR) is 81.4 cm³/mol. The number of pyridine rings is 1. The average molecular weight is 330 g/mol. The second-order valence-corrected chi connectivity index (χ2v) is 5.34. The summed E-state index contributed by atoms with van der Waals surface area (Å²) in [7, 11) is 0. The molecule has 0 fully saturated rings. The van der Waals surface area contributed by atoms with Crippen LogP contribution < -0.4 is 5.73 Å². The highest BCUT2D eigenvalue weighted by Gasteiger charge is 2.08. The first-order valence-electron chi connectivity index (χ1n) is 6.03. The predicted octanol–water partition coefficient (Wildman–Crippen LogP) is 2.98. The standard InChI is InChI=1S/C14H12BrN5/c1-9-6-11(15)7-17-14(9)20-8-18-13(19-20)10-2-4-12(16)5-3-10/h2-8H,16H2,1H3. The number of aromatic nitrogens is 4. The van der Waals surface area contributed by atoms with Gasteiger partial charge in [0.25, 0.3) is 0 Å². The van der Waals surface area contributed by atoms with Crippen LogP contribution in [0.15, 0.2) is 47.3 Å². The fourth-order valence-corrected chi connectivity index (χ4v) is 2.35. The van der Waals surface area contributed by atoms with Crippen LogP contribution in [0.25, 0.3) is 17.2 Å². The quantitative estimate of drug-likeness (QED) is 0.734. The molecule has 3 rings (SSSR count). The van der Waals surface area contributed by atoms with Crippen molar-refractivity contribution in [1.29, 1.82) is 0 Å². The lowest BCUT2D eigenvalue weighted by Crippen LogP contribution is -2.01. The van der Waals surface area contributed by atoms with Gasteiger partial charge < -0.3 is 5.73 Å². The van der Waals surface area contributed by atoms with Crippen LogP contribution in [0.3, 0.4) is 0 Å². The second-order valence-electron chi connectivity index (χ2n) is 4.43. The number of benzene rings is 1. The zero-order chi connectivity index (χ0) is 14.1. The van der Waals surface area contributed by atoms with Crippen LogP contribution in [0.5, 0.6) is 0 Å². The Morgan fingerprint density at radius 2 is 1.90 bits per heavy atom. The molecular formula is C14H12BrN5. The summed E-state index contributed by atoms with van der Waals surface area (Å²) in [5, 5.41) is 4.46. The van der Waals surface area contributed by atoms with E-state index in [1.54, 1.807) is 17.2 Å². The van der Waals surface area contributed by atoms with E-state index in [-0.39, 0.29) is 0 Å². The Hall–Kier alpha value is -2.21. The van der Waals surface area contributed by atoms with Gasteiger partial charge in [-0.05, 0) is 58.7 Å². The molecule has 0 atom stereocenters. The smallest absolute Gasteiger partial charge is 0.181 e. The van der Waals surface area contributed by atoms with E-state index in [0.717, 1.165) is 27.1 Å². The molecule has 2 aromatic heterocycles. The molecule has 3 aromatic rings. The number of anilines is 1. The minimum atomic E-state index is 0.647. The zero-order valence-electron chi connectivity index (χ0n) is 10.8. The van der Waals surface area contributed by atoms with Crippen LogP contribution in [0, 0.1) is 6.92 Å². The number of nitrogen functional groups attached to an aromatic ring is 1. The van der Waals surface area contributed by atoms with E-state index < -0.39 is 0 Å². The Balaban J connectivity index is 1.99. The Morgan fingerprint density at radius 3 is 2.60 bits per heavy atom. The molecule has 0 unspecified atom stereocenters. The number of hydrogen-bond acceptors (Lipinski definition) is 4. The van der Waals surface area contributed by atoms with Crippen LogP contribution in [-0.2, 0) is 0 Å². The van der Waals surface area contributed by atoms with Crippen LogP contribution >= 0.6 is 15.9 Å². The molecule has 0 aliphatic carbocycles. The van der Waals surface area contributed by atoms with E-state index in [2.05, 4.69) is 31.0 Å². The van der Waals surface area contributed by atoms with Gasteiger partial charge in [-0.1, -0.05) is 0 Å². The first-order chi connectivity index (χ1) is 9.63. The molecule has 0 aliphatic heterocycles. The van der Waals surface area contributed by atoms with Gasteiger partial charge in [-0.25, -0.2) is 14.6 Å². The van der Waals surface area contributed by atoms with Gasteiger partial charge in [0, 0.05) is 21.9 Å². The highest BCUT2D eigenvalue weighted by atomic mass is 79.9. The molecule has 100 valence electrons. The van der Waals surface area contributed by atoms with E-state index in [9.17, 15) is 0 Å². The lowest BCUT2D eigenvalue weighted by Gasteiger charge is -2.03. The van der Waals surface area contributed by atoms with Crippen molar-refractivity contribution >= 4 is 21.6 Å². The number of nitrogens with two attached hydrogens (primary N) is 1. The largest absolute Gasteiger partial charge is 0.399 e. The van der Waals surface area contributed by atoms with Crippen molar-refractivity contribution in [3.63, 3.8) is 0 Å². The third-order valence-corrected chi connectivity index (χ3v) is 3.33. The minimum Gasteiger partial charge on any atom is -0.399 e. The van der Waals surface area contributed by atoms with Gasteiger partial charge in [-0.15, -0.1) is 5.10 Å². The normalized spacial score (nSPS) is 10.7. The average Bonchev–Trinajstić information content (AvgIpc) is 2.89. The molecule has 0 spiro atoms. The maximum Gasteiger partial charge on any atom is 0.181 e. The van der Waals surface area contributed by atoms with Crippen molar-refractivity contribution in [2.75, 3.05) is 5.73 Å². The molecule has 6 heteroatoms. The maximum absolute atomic E-state index is 5.67. The van der Waals surface area contributed by atoms with Gasteiger partial charge >= 0.3 is 0 Å². The molecule has 0 radical (unpaired) electrons. The summed E-state index contributed by atoms with van der Waals surface area (Å²) in [4.78, 5) is 8.68. The topological polar surface area (TPSA) is 69.6 Å². The fraction of sp³-hybridized carbons (Fsp3) is 0.0714. The first-order valence-corrected chi connectivity index (χ1v) is 6.83. The molecule has 5 nitrogen and oxygen atoms in total. The molecule has 0 bridgehead atoms. The van der Waals surface area contributed by atoms with E-state index in [0.29, 0.717) is 5.82 Å². The zero-order valence-corrected chi connectivity index (χ0v) is 12.4. The molecule has 2 heterocycles. The summed E-state index contributed by atoms with van der Waals surface area (Å²) < 4.78 is 2.62. The summed E-state index contributed by atoms with van der Waals surface area (Å²) in [6, 6.07) is 9.46. The molecule has 0 saturated carbocycles. The summed E-state index contributed by atoms with van der Waals surface area (Å²) in [6.45, 7) is 1.98. The third kappa shape index (κ3) is 2.42. The molecular weight excluding hydrogens is 318 g/mol. The number of nitrogens with zero attached hydrogens (tertiary/aromatic N) is 4. The Morgan fingerprint density at radius 1 is 1.15 bits per heavy atom. The summed E-state index contributed by atoms with van der Waals surface area (Å²) in [5.74, 6) is 1.41. The number of aryl methyl sites for hydroxylation is 1. The number of halogens is 1. The van der Waals surface area contributed by atoms with E-state index in [4.69, 9.17) is 5.73 Å². The summed E-state index contributed by atoms with van der Waals surface area (Å²) >= 11 is 3.40. The van der Waals surface area contributed by atoms with Crippen LogP contribution in [0.4, 0.5) is 5.69 Å². The van der Waals surface area contributed by atoms with Gasteiger partial charge in [-0.3, -0.25) is 0 Å². The van der Waals surface area contributed by atoms with Gasteiger partial charge in [0.1, 0.15) is 6.33 Å². The SMILES string of the molecule is Cc1cc(Br)cnc1-n1cnc(-c2ccc(N)cc2)n1. The van der Waals surface area contributed by atoms with Crippen molar-refractivity contribution in [2.24, 2.45) is 0 Å². The highest BCUT2D eigenvalue weighted by Crippen LogP contribution is 2.19. The summed E-state index contributed by atoms with van der Waals surface area (Å²) in [6.07, 6.45) is 3.40. The monoisotopic (exact) mass is 329 g/mol. The number of rotatable bonds is 2. The van der Waals surface area contributed by atoms with Crippen LogP contribution in [-0.4, -0.2) is 19.7 Å². The van der Waals surface area contributed by atoms with E-state index in [1.807, 2.05) is 37.3 Å². The van der Waals surface area contributed by atoms with Gasteiger partial charge in [0.05, 0.1) is 0 Å². The highest BCUT2D eigenvalue weighted by molar-refractivity contribution is 9.10. The molecule has 0 saturated heterocycles.